The fourth-order valence-electron chi connectivity index (χ4n) is 2.94. The molecular weight excluding hydrogens is 376 g/mol. The molecule has 2 rings (SSSR count). The monoisotopic (exact) mass is 404 g/mol. The van der Waals surface area contributed by atoms with E-state index in [1.807, 2.05) is 38.1 Å². The lowest BCUT2D eigenvalue weighted by atomic mass is 10.1. The third-order valence-corrected chi connectivity index (χ3v) is 5.26. The van der Waals surface area contributed by atoms with E-state index in [0.29, 0.717) is 12.1 Å². The fraction of sp³-hybridized carbons (Fsp3) is 0.381. The van der Waals surface area contributed by atoms with Crippen molar-refractivity contribution in [3.8, 4) is 5.75 Å². The van der Waals surface area contributed by atoms with Crippen LogP contribution < -0.4 is 14.4 Å². The summed E-state index contributed by atoms with van der Waals surface area (Å²) in [5.74, 6) is 0.391. The van der Waals surface area contributed by atoms with Crippen molar-refractivity contribution in [3.63, 3.8) is 0 Å². The molecule has 7 heteroatoms. The Hall–Kier alpha value is -2.54. The van der Waals surface area contributed by atoms with Gasteiger partial charge in [-0.2, -0.15) is 0 Å². The molecule has 0 spiro atoms. The zero-order valence-corrected chi connectivity index (χ0v) is 17.6. The highest BCUT2D eigenvalue weighted by atomic mass is 32.2. The molecule has 0 aromatic heterocycles. The first-order valence-electron chi connectivity index (χ1n) is 9.30. The van der Waals surface area contributed by atoms with Gasteiger partial charge in [-0.3, -0.25) is 9.10 Å². The summed E-state index contributed by atoms with van der Waals surface area (Å²) in [4.78, 5) is 12.8. The van der Waals surface area contributed by atoms with Crippen LogP contribution in [0.1, 0.15) is 32.8 Å². The minimum atomic E-state index is -3.62. The summed E-state index contributed by atoms with van der Waals surface area (Å²) >= 11 is 0. The second-order valence-electron chi connectivity index (χ2n) is 6.85. The Kier molecular flexibility index (Phi) is 7.45. The van der Waals surface area contributed by atoms with Gasteiger partial charge in [0.15, 0.2) is 0 Å². The average Bonchev–Trinajstić information content (AvgIpc) is 2.63. The van der Waals surface area contributed by atoms with E-state index in [1.165, 1.54) is 4.31 Å². The van der Waals surface area contributed by atoms with Crippen molar-refractivity contribution >= 4 is 21.6 Å². The summed E-state index contributed by atoms with van der Waals surface area (Å²) in [6.07, 6.45) is 1.52. The van der Waals surface area contributed by atoms with E-state index in [-0.39, 0.29) is 18.6 Å². The first kappa shape index (κ1) is 21.8. The molecule has 0 radical (unpaired) electrons. The molecule has 0 unspecified atom stereocenters. The summed E-state index contributed by atoms with van der Waals surface area (Å²) in [6, 6.07) is 15.3. The van der Waals surface area contributed by atoms with Crippen LogP contribution in [-0.4, -0.2) is 32.7 Å². The molecule has 0 saturated carbocycles. The van der Waals surface area contributed by atoms with Gasteiger partial charge in [0.2, 0.25) is 15.9 Å². The van der Waals surface area contributed by atoms with E-state index >= 15 is 0 Å². The second kappa shape index (κ2) is 9.59. The Morgan fingerprint density at radius 1 is 1.11 bits per heavy atom. The number of amides is 1. The van der Waals surface area contributed by atoms with Crippen LogP contribution in [-0.2, 0) is 21.4 Å². The Morgan fingerprint density at radius 2 is 1.79 bits per heavy atom. The second-order valence-corrected chi connectivity index (χ2v) is 8.71. The summed E-state index contributed by atoms with van der Waals surface area (Å²) in [5.41, 5.74) is 1.35. The van der Waals surface area contributed by atoms with Crippen molar-refractivity contribution < 1.29 is 17.9 Å². The van der Waals surface area contributed by atoms with Gasteiger partial charge in [-0.1, -0.05) is 37.3 Å². The number of carbonyl (C=O) groups is 1. The van der Waals surface area contributed by atoms with Gasteiger partial charge in [0.1, 0.15) is 11.8 Å². The first-order chi connectivity index (χ1) is 13.2. The quantitative estimate of drug-likeness (QED) is 0.696. The van der Waals surface area contributed by atoms with E-state index in [4.69, 9.17) is 4.74 Å². The maximum atomic E-state index is 12.8. The van der Waals surface area contributed by atoms with Crippen LogP contribution in [0.4, 0.5) is 5.69 Å². The highest BCUT2D eigenvalue weighted by molar-refractivity contribution is 7.92. The predicted octanol–water partition coefficient (Wildman–Crippen LogP) is 3.33. The Balaban J connectivity index is 2.16. The number of nitrogens with zero attached hydrogens (tertiary/aromatic N) is 1. The summed E-state index contributed by atoms with van der Waals surface area (Å²) < 4.78 is 31.6. The third kappa shape index (κ3) is 5.99. The van der Waals surface area contributed by atoms with Crippen LogP contribution in [0.5, 0.6) is 5.75 Å². The molecule has 0 aliphatic heterocycles. The molecule has 1 atom stereocenters. The van der Waals surface area contributed by atoms with Crippen LogP contribution in [0.3, 0.4) is 0 Å². The van der Waals surface area contributed by atoms with Crippen molar-refractivity contribution in [3.05, 3.63) is 60.2 Å². The highest BCUT2D eigenvalue weighted by Crippen LogP contribution is 2.22. The molecule has 0 aliphatic carbocycles. The van der Waals surface area contributed by atoms with Gasteiger partial charge >= 0.3 is 0 Å². The number of ether oxygens (including phenoxy) is 1. The smallest absolute Gasteiger partial charge is 0.244 e. The maximum Gasteiger partial charge on any atom is 0.244 e. The zero-order chi connectivity index (χ0) is 20.7. The van der Waals surface area contributed by atoms with E-state index in [9.17, 15) is 13.2 Å². The SMILES string of the molecule is CC[C@@H](C(=O)NCc1cccc(OC(C)C)c1)N(c1ccccc1)S(C)(=O)=O. The average molecular weight is 405 g/mol. The number of sulfonamides is 1. The highest BCUT2D eigenvalue weighted by Gasteiger charge is 2.31. The van der Waals surface area contributed by atoms with Gasteiger partial charge < -0.3 is 10.1 Å². The van der Waals surface area contributed by atoms with E-state index in [1.54, 1.807) is 37.3 Å². The number of para-hydroxylation sites is 1. The topological polar surface area (TPSA) is 75.7 Å². The van der Waals surface area contributed by atoms with Gasteiger partial charge in [0.25, 0.3) is 0 Å². The molecule has 0 heterocycles. The molecule has 0 aliphatic rings. The van der Waals surface area contributed by atoms with Crippen LogP contribution in [0.2, 0.25) is 0 Å². The molecule has 2 aromatic rings. The van der Waals surface area contributed by atoms with Gasteiger partial charge in [0.05, 0.1) is 18.0 Å². The number of anilines is 1. The summed E-state index contributed by atoms with van der Waals surface area (Å²) in [6.45, 7) is 5.98. The lowest BCUT2D eigenvalue weighted by Gasteiger charge is -2.30. The Bertz CT molecular complexity index is 882. The van der Waals surface area contributed by atoms with Gasteiger partial charge in [0, 0.05) is 6.54 Å². The Labute approximate surface area is 167 Å². The predicted molar refractivity (Wildman–Crippen MR) is 112 cm³/mol. The van der Waals surface area contributed by atoms with Crippen LogP contribution >= 0.6 is 0 Å². The first-order valence-corrected chi connectivity index (χ1v) is 11.1. The van der Waals surface area contributed by atoms with Crippen LogP contribution in [0, 0.1) is 0 Å². The minimum absolute atomic E-state index is 0.0588. The minimum Gasteiger partial charge on any atom is -0.491 e. The fourth-order valence-corrected chi connectivity index (χ4v) is 4.15. The normalized spacial score (nSPS) is 12.5. The molecular formula is C21H28N2O4S. The number of benzene rings is 2. The van der Waals surface area contributed by atoms with Crippen molar-refractivity contribution in [2.24, 2.45) is 0 Å². The number of rotatable bonds is 9. The van der Waals surface area contributed by atoms with Gasteiger partial charge in [-0.05, 0) is 50.1 Å². The molecule has 28 heavy (non-hydrogen) atoms. The molecule has 1 N–H and O–H groups in total. The van der Waals surface area contributed by atoms with E-state index < -0.39 is 16.1 Å². The summed E-state index contributed by atoms with van der Waals surface area (Å²) in [5, 5.41) is 2.85. The molecule has 0 saturated heterocycles. The summed E-state index contributed by atoms with van der Waals surface area (Å²) in [7, 11) is -3.62. The maximum absolute atomic E-state index is 12.8. The lowest BCUT2D eigenvalue weighted by molar-refractivity contribution is -0.122. The van der Waals surface area contributed by atoms with Crippen molar-refractivity contribution in [1.29, 1.82) is 0 Å². The molecule has 0 fully saturated rings. The van der Waals surface area contributed by atoms with Crippen molar-refractivity contribution in [2.75, 3.05) is 10.6 Å². The van der Waals surface area contributed by atoms with Gasteiger partial charge in [-0.15, -0.1) is 0 Å². The molecule has 1 amide bonds. The Morgan fingerprint density at radius 3 is 2.36 bits per heavy atom. The molecule has 152 valence electrons. The zero-order valence-electron chi connectivity index (χ0n) is 16.8. The number of carbonyl (C=O) groups excluding carboxylic acids is 1. The van der Waals surface area contributed by atoms with Crippen LogP contribution in [0.15, 0.2) is 54.6 Å². The largest absolute Gasteiger partial charge is 0.491 e. The van der Waals surface area contributed by atoms with E-state index in [0.717, 1.165) is 17.6 Å². The standard InChI is InChI=1S/C21H28N2O4S/c1-5-20(23(28(4,25)26)18-11-7-6-8-12-18)21(24)22-15-17-10-9-13-19(14-17)27-16(2)3/h6-14,16,20H,5,15H2,1-4H3,(H,22,24)/t20-/m0/s1. The van der Waals surface area contributed by atoms with Crippen LogP contribution in [0.25, 0.3) is 0 Å². The molecule has 0 bridgehead atoms. The molecule has 6 nitrogen and oxygen atoms in total. The third-order valence-electron chi connectivity index (χ3n) is 4.08. The number of hydrogen-bond donors (Lipinski definition) is 1. The lowest BCUT2D eigenvalue weighted by Crippen LogP contribution is -2.49. The van der Waals surface area contributed by atoms with Crippen molar-refractivity contribution in [2.45, 2.75) is 45.9 Å². The van der Waals surface area contributed by atoms with Gasteiger partial charge in [-0.25, -0.2) is 8.42 Å². The molecule has 2 aromatic carbocycles. The van der Waals surface area contributed by atoms with Crippen molar-refractivity contribution in [1.82, 2.24) is 5.32 Å². The van der Waals surface area contributed by atoms with E-state index in [2.05, 4.69) is 5.32 Å². The number of nitrogens with one attached hydrogen (secondary N) is 1. The number of hydrogen-bond acceptors (Lipinski definition) is 4.